The number of hydrogen-bond acceptors (Lipinski definition) is 5. The Morgan fingerprint density at radius 1 is 1.24 bits per heavy atom. The van der Waals surface area contributed by atoms with E-state index in [4.69, 9.17) is 9.47 Å². The molecule has 0 radical (unpaired) electrons. The van der Waals surface area contributed by atoms with Crippen LogP contribution in [0.25, 0.3) is 0 Å². The maximum absolute atomic E-state index is 11.0. The molecule has 0 spiro atoms. The summed E-state index contributed by atoms with van der Waals surface area (Å²) in [6.07, 6.45) is 3.01. The van der Waals surface area contributed by atoms with Crippen LogP contribution in [-0.2, 0) is 0 Å². The smallest absolute Gasteiger partial charge is 0.311 e. The largest absolute Gasteiger partial charge is 0.484 e. The Morgan fingerprint density at radius 3 is 2.62 bits per heavy atom. The minimum absolute atomic E-state index is 0.0941. The molecule has 6 nitrogen and oxygen atoms in total. The summed E-state index contributed by atoms with van der Waals surface area (Å²) in [4.78, 5) is 14.5. The zero-order valence-electron chi connectivity index (χ0n) is 11.4. The molecule has 21 heavy (non-hydrogen) atoms. The lowest BCUT2D eigenvalue weighted by molar-refractivity contribution is -0.386. The van der Waals surface area contributed by atoms with E-state index >= 15 is 0 Å². The highest BCUT2D eigenvalue weighted by atomic mass is 79.9. The highest BCUT2D eigenvalue weighted by molar-refractivity contribution is 9.10. The van der Waals surface area contributed by atoms with E-state index < -0.39 is 4.92 Å². The molecule has 1 heterocycles. The monoisotopic (exact) mass is 352 g/mol. The molecule has 110 valence electrons. The molecule has 0 saturated carbocycles. The molecule has 2 aromatic rings. The number of aromatic nitrogens is 1. The molecular formula is C14H13BrN2O4. The van der Waals surface area contributed by atoms with Crippen LogP contribution in [0.1, 0.15) is 13.8 Å². The Bertz CT molecular complexity index is 661. The van der Waals surface area contributed by atoms with Gasteiger partial charge in [-0.25, -0.2) is 0 Å². The van der Waals surface area contributed by atoms with Gasteiger partial charge in [0.1, 0.15) is 11.5 Å². The summed E-state index contributed by atoms with van der Waals surface area (Å²) in [5.41, 5.74) is -0.0941. The molecule has 1 aromatic carbocycles. The summed E-state index contributed by atoms with van der Waals surface area (Å²) in [5.74, 6) is 1.14. The molecule has 0 bridgehead atoms. The molecular weight excluding hydrogens is 340 g/mol. The highest BCUT2D eigenvalue weighted by Crippen LogP contribution is 2.34. The third kappa shape index (κ3) is 4.16. The maximum atomic E-state index is 11.0. The summed E-state index contributed by atoms with van der Waals surface area (Å²) < 4.78 is 11.9. The summed E-state index contributed by atoms with van der Waals surface area (Å²) in [6.45, 7) is 3.60. The van der Waals surface area contributed by atoms with E-state index in [1.165, 1.54) is 18.2 Å². The van der Waals surface area contributed by atoms with E-state index in [2.05, 4.69) is 20.9 Å². The van der Waals surface area contributed by atoms with Gasteiger partial charge >= 0.3 is 5.69 Å². The summed E-state index contributed by atoms with van der Waals surface area (Å²) in [5, 5.41) is 11.0. The highest BCUT2D eigenvalue weighted by Gasteiger charge is 2.17. The molecule has 0 saturated heterocycles. The number of nitro groups is 1. The van der Waals surface area contributed by atoms with Crippen molar-refractivity contribution >= 4 is 21.6 Å². The van der Waals surface area contributed by atoms with E-state index in [1.807, 2.05) is 0 Å². The van der Waals surface area contributed by atoms with E-state index in [0.29, 0.717) is 11.5 Å². The molecule has 0 aliphatic rings. The average molecular weight is 353 g/mol. The zero-order chi connectivity index (χ0) is 15.4. The number of hydrogen-bond donors (Lipinski definition) is 0. The standard InChI is InChI=1S/C14H13BrN2O4/c1-9(2)20-14-6-11(3-4-13(14)17(18)19)21-12-5-10(15)7-16-8-12/h3-9H,1-2H3. The number of nitrogens with zero attached hydrogens (tertiary/aromatic N) is 2. The molecule has 1 aromatic heterocycles. The Labute approximate surface area is 130 Å². The third-order valence-corrected chi connectivity index (χ3v) is 2.84. The lowest BCUT2D eigenvalue weighted by atomic mass is 10.2. The van der Waals surface area contributed by atoms with Crippen LogP contribution in [0.3, 0.4) is 0 Å². The Balaban J connectivity index is 2.30. The number of rotatable bonds is 5. The van der Waals surface area contributed by atoms with Crippen molar-refractivity contribution in [2.75, 3.05) is 0 Å². The Kier molecular flexibility index (Phi) is 4.74. The van der Waals surface area contributed by atoms with Gasteiger partial charge in [-0.15, -0.1) is 0 Å². The van der Waals surface area contributed by atoms with Crippen LogP contribution in [0.2, 0.25) is 0 Å². The summed E-state index contributed by atoms with van der Waals surface area (Å²) in [6, 6.07) is 6.13. The van der Waals surface area contributed by atoms with Crippen LogP contribution in [0.4, 0.5) is 5.69 Å². The van der Waals surface area contributed by atoms with E-state index in [-0.39, 0.29) is 17.5 Å². The van der Waals surface area contributed by atoms with Gasteiger partial charge in [0.2, 0.25) is 5.75 Å². The normalized spacial score (nSPS) is 10.5. The van der Waals surface area contributed by atoms with Gasteiger partial charge in [-0.05, 0) is 41.9 Å². The number of nitro benzene ring substituents is 1. The molecule has 0 atom stereocenters. The first-order valence-corrected chi connectivity index (χ1v) is 6.98. The Morgan fingerprint density at radius 2 is 2.00 bits per heavy atom. The first-order valence-electron chi connectivity index (χ1n) is 6.19. The SMILES string of the molecule is CC(C)Oc1cc(Oc2cncc(Br)c2)ccc1[N+](=O)[O-]. The molecule has 0 aliphatic carbocycles. The fourth-order valence-electron chi connectivity index (χ4n) is 1.64. The predicted molar refractivity (Wildman–Crippen MR) is 80.9 cm³/mol. The number of benzene rings is 1. The van der Waals surface area contributed by atoms with Crippen molar-refractivity contribution in [2.24, 2.45) is 0 Å². The predicted octanol–water partition coefficient (Wildman–Crippen LogP) is 4.33. The topological polar surface area (TPSA) is 74.5 Å². The van der Waals surface area contributed by atoms with Crippen LogP contribution in [-0.4, -0.2) is 16.0 Å². The molecule has 0 fully saturated rings. The molecule has 7 heteroatoms. The van der Waals surface area contributed by atoms with Crippen molar-refractivity contribution in [1.29, 1.82) is 0 Å². The lowest BCUT2D eigenvalue weighted by Crippen LogP contribution is -2.07. The van der Waals surface area contributed by atoms with Crippen molar-refractivity contribution in [3.63, 3.8) is 0 Å². The van der Waals surface area contributed by atoms with Gasteiger partial charge in [-0.3, -0.25) is 15.1 Å². The minimum atomic E-state index is -0.484. The van der Waals surface area contributed by atoms with Crippen molar-refractivity contribution in [3.05, 3.63) is 51.2 Å². The van der Waals surface area contributed by atoms with Gasteiger partial charge in [0, 0.05) is 22.8 Å². The van der Waals surface area contributed by atoms with E-state index in [0.717, 1.165) is 4.47 Å². The van der Waals surface area contributed by atoms with Crippen molar-refractivity contribution in [3.8, 4) is 17.2 Å². The van der Waals surface area contributed by atoms with Gasteiger partial charge in [-0.1, -0.05) is 0 Å². The molecule has 0 N–H and O–H groups in total. The second-order valence-corrected chi connectivity index (χ2v) is 5.41. The van der Waals surface area contributed by atoms with Gasteiger partial charge in [-0.2, -0.15) is 0 Å². The van der Waals surface area contributed by atoms with Crippen LogP contribution in [0.15, 0.2) is 41.1 Å². The lowest BCUT2D eigenvalue weighted by Gasteiger charge is -2.12. The van der Waals surface area contributed by atoms with Crippen molar-refractivity contribution in [2.45, 2.75) is 20.0 Å². The van der Waals surface area contributed by atoms with Crippen LogP contribution in [0.5, 0.6) is 17.2 Å². The van der Waals surface area contributed by atoms with Crippen LogP contribution < -0.4 is 9.47 Å². The quantitative estimate of drug-likeness (QED) is 0.591. The second kappa shape index (κ2) is 6.53. The van der Waals surface area contributed by atoms with Gasteiger partial charge in [0.05, 0.1) is 17.2 Å². The minimum Gasteiger partial charge on any atom is -0.484 e. The third-order valence-electron chi connectivity index (χ3n) is 2.41. The molecule has 2 rings (SSSR count). The van der Waals surface area contributed by atoms with E-state index in [1.54, 1.807) is 32.3 Å². The number of ether oxygens (including phenoxy) is 2. The first-order chi connectivity index (χ1) is 9.95. The molecule has 0 aliphatic heterocycles. The van der Waals surface area contributed by atoms with Crippen molar-refractivity contribution in [1.82, 2.24) is 4.98 Å². The second-order valence-electron chi connectivity index (χ2n) is 4.49. The number of pyridine rings is 1. The molecule has 0 unspecified atom stereocenters. The first kappa shape index (κ1) is 15.2. The van der Waals surface area contributed by atoms with Crippen molar-refractivity contribution < 1.29 is 14.4 Å². The molecule has 0 amide bonds. The number of halogens is 1. The van der Waals surface area contributed by atoms with E-state index in [9.17, 15) is 10.1 Å². The zero-order valence-corrected chi connectivity index (χ0v) is 13.0. The summed E-state index contributed by atoms with van der Waals surface area (Å²) in [7, 11) is 0. The average Bonchev–Trinajstić information content (AvgIpc) is 2.37. The van der Waals surface area contributed by atoms with Gasteiger partial charge in [0.25, 0.3) is 0 Å². The Hall–Kier alpha value is -2.15. The van der Waals surface area contributed by atoms with Crippen LogP contribution in [0, 0.1) is 10.1 Å². The fraction of sp³-hybridized carbons (Fsp3) is 0.214. The fourth-order valence-corrected chi connectivity index (χ4v) is 1.99. The van der Waals surface area contributed by atoms with Gasteiger partial charge in [0.15, 0.2) is 0 Å². The summed E-state index contributed by atoms with van der Waals surface area (Å²) >= 11 is 3.30. The van der Waals surface area contributed by atoms with Crippen LogP contribution >= 0.6 is 15.9 Å². The maximum Gasteiger partial charge on any atom is 0.311 e. The van der Waals surface area contributed by atoms with Gasteiger partial charge < -0.3 is 9.47 Å².